The molecule has 0 heterocycles. The molecule has 6 heteroatoms. The van der Waals surface area contributed by atoms with E-state index in [0.29, 0.717) is 12.3 Å². The van der Waals surface area contributed by atoms with Crippen molar-refractivity contribution < 1.29 is 19.0 Å². The molecule has 4 nitrogen and oxygen atoms in total. The molecule has 0 aliphatic rings. The number of nitrogens with one attached hydrogen (secondary N) is 1. The van der Waals surface area contributed by atoms with Crippen molar-refractivity contribution in [2.45, 2.75) is 19.1 Å². The molecule has 1 aromatic carbocycles. The Balaban J connectivity index is 2.33. The molecular weight excluding hydrogens is 317 g/mol. The lowest BCUT2D eigenvalue weighted by Crippen LogP contribution is -2.28. The Morgan fingerprint density at radius 2 is 2.16 bits per heavy atom. The summed E-state index contributed by atoms with van der Waals surface area (Å²) in [7, 11) is 1.60. The molecule has 1 aromatic rings. The third-order valence-corrected chi connectivity index (χ3v) is 3.12. The van der Waals surface area contributed by atoms with Gasteiger partial charge in [0.1, 0.15) is 5.82 Å². The fourth-order valence-corrected chi connectivity index (χ4v) is 1.86. The standard InChI is InChI=1S/C13H19BrFNO3/c1-9(7-18-2)19-8-11(17)6-16-13-5-10(15)3-4-12(13)14/h3-5,9,11,16-17H,6-8H2,1-2H3. The molecular formula is C13H19BrFNO3. The average molecular weight is 336 g/mol. The van der Waals surface area contributed by atoms with Gasteiger partial charge in [-0.25, -0.2) is 4.39 Å². The van der Waals surface area contributed by atoms with E-state index in [1.165, 1.54) is 12.1 Å². The van der Waals surface area contributed by atoms with E-state index in [2.05, 4.69) is 21.2 Å². The Bertz CT molecular complexity index is 392. The lowest BCUT2D eigenvalue weighted by molar-refractivity contribution is -0.0282. The summed E-state index contributed by atoms with van der Waals surface area (Å²) in [6, 6.07) is 4.34. The lowest BCUT2D eigenvalue weighted by Gasteiger charge is -2.17. The van der Waals surface area contributed by atoms with Crippen molar-refractivity contribution in [2.24, 2.45) is 0 Å². The Morgan fingerprint density at radius 1 is 1.42 bits per heavy atom. The smallest absolute Gasteiger partial charge is 0.125 e. The van der Waals surface area contributed by atoms with E-state index < -0.39 is 6.10 Å². The number of aliphatic hydroxyl groups is 1. The number of aliphatic hydroxyl groups excluding tert-OH is 1. The molecule has 0 spiro atoms. The summed E-state index contributed by atoms with van der Waals surface area (Å²) in [5.74, 6) is -0.329. The van der Waals surface area contributed by atoms with Crippen LogP contribution >= 0.6 is 15.9 Å². The molecule has 0 radical (unpaired) electrons. The zero-order valence-electron chi connectivity index (χ0n) is 11.0. The number of ether oxygens (including phenoxy) is 2. The predicted molar refractivity (Wildman–Crippen MR) is 75.9 cm³/mol. The molecule has 0 fully saturated rings. The lowest BCUT2D eigenvalue weighted by atomic mass is 10.3. The van der Waals surface area contributed by atoms with Crippen molar-refractivity contribution in [1.29, 1.82) is 0 Å². The van der Waals surface area contributed by atoms with E-state index in [0.717, 1.165) is 4.47 Å². The van der Waals surface area contributed by atoms with Crippen LogP contribution in [0.1, 0.15) is 6.92 Å². The van der Waals surface area contributed by atoms with Crippen LogP contribution in [0, 0.1) is 5.82 Å². The fourth-order valence-electron chi connectivity index (χ4n) is 1.48. The third-order valence-electron chi connectivity index (χ3n) is 2.43. The molecule has 0 aromatic heterocycles. The maximum Gasteiger partial charge on any atom is 0.125 e. The Kier molecular flexibility index (Phi) is 7.30. The van der Waals surface area contributed by atoms with Crippen molar-refractivity contribution >= 4 is 21.6 Å². The van der Waals surface area contributed by atoms with E-state index in [1.807, 2.05) is 6.92 Å². The van der Waals surface area contributed by atoms with Gasteiger partial charge in [-0.3, -0.25) is 0 Å². The van der Waals surface area contributed by atoms with Crippen LogP contribution in [-0.2, 0) is 9.47 Å². The van der Waals surface area contributed by atoms with E-state index in [4.69, 9.17) is 9.47 Å². The number of benzene rings is 1. The summed E-state index contributed by atoms with van der Waals surface area (Å²) < 4.78 is 24.1. The van der Waals surface area contributed by atoms with Gasteiger partial charge in [0.2, 0.25) is 0 Å². The predicted octanol–water partition coefficient (Wildman–Crippen LogP) is 2.41. The van der Waals surface area contributed by atoms with Crippen LogP contribution in [0.2, 0.25) is 0 Å². The molecule has 0 saturated carbocycles. The van der Waals surface area contributed by atoms with Crippen LogP contribution in [0.3, 0.4) is 0 Å². The van der Waals surface area contributed by atoms with Gasteiger partial charge in [-0.1, -0.05) is 0 Å². The van der Waals surface area contributed by atoms with E-state index in [1.54, 1.807) is 13.2 Å². The maximum absolute atomic E-state index is 13.0. The number of halogens is 2. The van der Waals surface area contributed by atoms with Crippen LogP contribution in [0.15, 0.2) is 22.7 Å². The van der Waals surface area contributed by atoms with Crippen LogP contribution in [0.4, 0.5) is 10.1 Å². The van der Waals surface area contributed by atoms with Crippen LogP contribution < -0.4 is 5.32 Å². The van der Waals surface area contributed by atoms with Gasteiger partial charge < -0.3 is 19.9 Å². The van der Waals surface area contributed by atoms with Gasteiger partial charge in [0.15, 0.2) is 0 Å². The SMILES string of the molecule is COCC(C)OCC(O)CNc1cc(F)ccc1Br. The quantitative estimate of drug-likeness (QED) is 0.766. The second kappa shape index (κ2) is 8.47. The highest BCUT2D eigenvalue weighted by Crippen LogP contribution is 2.22. The number of hydrogen-bond acceptors (Lipinski definition) is 4. The topological polar surface area (TPSA) is 50.7 Å². The molecule has 0 aliphatic carbocycles. The summed E-state index contributed by atoms with van der Waals surface area (Å²) in [5.41, 5.74) is 0.601. The van der Waals surface area contributed by atoms with Crippen molar-refractivity contribution in [1.82, 2.24) is 0 Å². The van der Waals surface area contributed by atoms with Crippen molar-refractivity contribution in [3.63, 3.8) is 0 Å². The first kappa shape index (κ1) is 16.4. The van der Waals surface area contributed by atoms with Gasteiger partial charge in [0.05, 0.1) is 31.1 Å². The van der Waals surface area contributed by atoms with Gasteiger partial charge in [0.25, 0.3) is 0 Å². The number of rotatable bonds is 8. The zero-order valence-corrected chi connectivity index (χ0v) is 12.6. The van der Waals surface area contributed by atoms with Crippen molar-refractivity contribution in [3.8, 4) is 0 Å². The number of methoxy groups -OCH3 is 1. The Hall–Kier alpha value is -0.690. The van der Waals surface area contributed by atoms with E-state index in [9.17, 15) is 9.50 Å². The van der Waals surface area contributed by atoms with Gasteiger partial charge in [0, 0.05) is 18.1 Å². The van der Waals surface area contributed by atoms with E-state index >= 15 is 0 Å². The van der Waals surface area contributed by atoms with Crippen LogP contribution in [0.5, 0.6) is 0 Å². The maximum atomic E-state index is 13.0. The molecule has 0 saturated heterocycles. The normalized spacial score (nSPS) is 14.2. The first-order chi connectivity index (χ1) is 9.02. The molecule has 0 bridgehead atoms. The van der Waals surface area contributed by atoms with Crippen LogP contribution in [-0.4, -0.2) is 44.2 Å². The molecule has 2 N–H and O–H groups in total. The Morgan fingerprint density at radius 3 is 2.84 bits per heavy atom. The van der Waals surface area contributed by atoms with Crippen molar-refractivity contribution in [2.75, 3.05) is 32.2 Å². The van der Waals surface area contributed by atoms with Gasteiger partial charge >= 0.3 is 0 Å². The summed E-state index contributed by atoms with van der Waals surface area (Å²) in [5, 5.41) is 12.7. The van der Waals surface area contributed by atoms with Gasteiger partial charge in [-0.15, -0.1) is 0 Å². The summed E-state index contributed by atoms with van der Waals surface area (Å²) >= 11 is 3.30. The summed E-state index contributed by atoms with van der Waals surface area (Å²) in [6.45, 7) is 2.83. The number of hydrogen-bond donors (Lipinski definition) is 2. The molecule has 0 amide bonds. The fraction of sp³-hybridized carbons (Fsp3) is 0.538. The summed E-state index contributed by atoms with van der Waals surface area (Å²) in [4.78, 5) is 0. The molecule has 0 aliphatic heterocycles. The largest absolute Gasteiger partial charge is 0.389 e. The van der Waals surface area contributed by atoms with Gasteiger partial charge in [-0.05, 0) is 41.1 Å². The highest BCUT2D eigenvalue weighted by molar-refractivity contribution is 9.10. The minimum absolute atomic E-state index is 0.0689. The highest BCUT2D eigenvalue weighted by atomic mass is 79.9. The zero-order chi connectivity index (χ0) is 14.3. The second-order valence-electron chi connectivity index (χ2n) is 4.26. The monoisotopic (exact) mass is 335 g/mol. The minimum Gasteiger partial charge on any atom is -0.389 e. The average Bonchev–Trinajstić information content (AvgIpc) is 2.38. The summed E-state index contributed by atoms with van der Waals surface area (Å²) in [6.07, 6.45) is -0.741. The molecule has 2 atom stereocenters. The molecule has 2 unspecified atom stereocenters. The third kappa shape index (κ3) is 6.33. The molecule has 1 rings (SSSR count). The van der Waals surface area contributed by atoms with Crippen molar-refractivity contribution in [3.05, 3.63) is 28.5 Å². The Labute approximate surface area is 121 Å². The first-order valence-corrected chi connectivity index (χ1v) is 6.79. The molecule has 19 heavy (non-hydrogen) atoms. The molecule has 108 valence electrons. The van der Waals surface area contributed by atoms with Gasteiger partial charge in [-0.2, -0.15) is 0 Å². The number of anilines is 1. The highest BCUT2D eigenvalue weighted by Gasteiger charge is 2.09. The van der Waals surface area contributed by atoms with E-state index in [-0.39, 0.29) is 25.1 Å². The van der Waals surface area contributed by atoms with Crippen LogP contribution in [0.25, 0.3) is 0 Å². The minimum atomic E-state index is -0.672. The first-order valence-electron chi connectivity index (χ1n) is 6.00. The second-order valence-corrected chi connectivity index (χ2v) is 5.11.